The van der Waals surface area contributed by atoms with E-state index in [9.17, 15) is 9.59 Å². The summed E-state index contributed by atoms with van der Waals surface area (Å²) in [6.07, 6.45) is 0. The normalized spacial score (nSPS) is 11.7. The van der Waals surface area contributed by atoms with Gasteiger partial charge in [-0.1, -0.05) is 46.3 Å². The molecule has 1 unspecified atom stereocenters. The Morgan fingerprint density at radius 2 is 1.52 bits per heavy atom. The molecule has 0 fully saturated rings. The number of carbonyl (C=O) groups excluding carboxylic acids is 2. The zero-order valence-electron chi connectivity index (χ0n) is 15.7. The number of carbonyl (C=O) groups is 2. The van der Waals surface area contributed by atoms with Crippen LogP contribution in [0.15, 0.2) is 53.0 Å². The summed E-state index contributed by atoms with van der Waals surface area (Å²) in [7, 11) is 0. The van der Waals surface area contributed by atoms with Crippen molar-refractivity contribution in [2.45, 2.75) is 26.8 Å². The fraction of sp³-hybridized carbons (Fsp3) is 0.333. The molecule has 0 radical (unpaired) electrons. The van der Waals surface area contributed by atoms with Crippen molar-refractivity contribution < 1.29 is 19.1 Å². The maximum Gasteiger partial charge on any atom is 0.322 e. The number of benzene rings is 2. The number of nitrogens with one attached hydrogen (secondary N) is 1. The third-order valence-corrected chi connectivity index (χ3v) is 4.63. The summed E-state index contributed by atoms with van der Waals surface area (Å²) in [6.45, 7) is 5.76. The monoisotopic (exact) mass is 433 g/mol. The van der Waals surface area contributed by atoms with Gasteiger partial charge in [-0.05, 0) is 50.1 Å². The molecule has 0 amide bonds. The van der Waals surface area contributed by atoms with E-state index < -0.39 is 23.9 Å². The Morgan fingerprint density at radius 1 is 0.963 bits per heavy atom. The van der Waals surface area contributed by atoms with Crippen LogP contribution in [0.5, 0.6) is 0 Å². The molecule has 2 rings (SSSR count). The number of ether oxygens (including phenoxy) is 2. The summed E-state index contributed by atoms with van der Waals surface area (Å²) in [6, 6.07) is 14.6. The maximum absolute atomic E-state index is 12.6. The second-order valence-corrected chi connectivity index (χ2v) is 6.89. The molecule has 0 saturated carbocycles. The Bertz CT molecular complexity index is 758. The Morgan fingerprint density at radius 3 is 2.04 bits per heavy atom. The Balaban J connectivity index is 2.49. The van der Waals surface area contributed by atoms with E-state index in [1.54, 1.807) is 13.8 Å². The second-order valence-electron chi connectivity index (χ2n) is 5.97. The fourth-order valence-corrected chi connectivity index (χ4v) is 3.03. The van der Waals surface area contributed by atoms with Crippen LogP contribution in [0, 0.1) is 12.8 Å². The molecule has 0 bridgehead atoms. The highest BCUT2D eigenvalue weighted by molar-refractivity contribution is 9.10. The third-order valence-electron chi connectivity index (χ3n) is 4.10. The number of para-hydroxylation sites is 1. The first-order valence-corrected chi connectivity index (χ1v) is 9.68. The van der Waals surface area contributed by atoms with E-state index in [1.165, 1.54) is 0 Å². The van der Waals surface area contributed by atoms with E-state index in [-0.39, 0.29) is 13.2 Å². The summed E-state index contributed by atoms with van der Waals surface area (Å²) in [5.41, 5.74) is 2.63. The molecule has 1 atom stereocenters. The number of esters is 2. The van der Waals surface area contributed by atoms with Crippen LogP contribution in [0.4, 0.5) is 5.69 Å². The fourth-order valence-electron chi connectivity index (χ4n) is 2.76. The van der Waals surface area contributed by atoms with Crippen LogP contribution in [0.3, 0.4) is 0 Å². The van der Waals surface area contributed by atoms with Gasteiger partial charge in [0.2, 0.25) is 0 Å². The largest absolute Gasteiger partial charge is 0.465 e. The SMILES string of the molecule is CCOC(=O)C(C(=O)OCC)C(Nc1ccccc1C)c1ccc(Br)cc1. The predicted octanol–water partition coefficient (Wildman–Crippen LogP) is 4.65. The minimum absolute atomic E-state index is 0.187. The van der Waals surface area contributed by atoms with Crippen molar-refractivity contribution in [3.63, 3.8) is 0 Å². The molecular weight excluding hydrogens is 410 g/mol. The molecule has 0 heterocycles. The summed E-state index contributed by atoms with van der Waals surface area (Å²) >= 11 is 3.41. The van der Waals surface area contributed by atoms with Gasteiger partial charge in [0.1, 0.15) is 0 Å². The first-order chi connectivity index (χ1) is 13.0. The van der Waals surface area contributed by atoms with Gasteiger partial charge in [-0.25, -0.2) is 0 Å². The lowest BCUT2D eigenvalue weighted by molar-refractivity contribution is -0.162. The Kier molecular flexibility index (Phi) is 7.85. The van der Waals surface area contributed by atoms with Crippen molar-refractivity contribution in [3.8, 4) is 0 Å². The van der Waals surface area contributed by atoms with Crippen molar-refractivity contribution >= 4 is 33.6 Å². The lowest BCUT2D eigenvalue weighted by atomic mass is 9.92. The third kappa shape index (κ3) is 5.57. The van der Waals surface area contributed by atoms with Crippen molar-refractivity contribution in [2.75, 3.05) is 18.5 Å². The van der Waals surface area contributed by atoms with Crippen LogP contribution >= 0.6 is 15.9 Å². The number of halogens is 1. The van der Waals surface area contributed by atoms with Gasteiger partial charge >= 0.3 is 11.9 Å². The average Bonchev–Trinajstić information content (AvgIpc) is 2.64. The lowest BCUT2D eigenvalue weighted by Gasteiger charge is -2.27. The van der Waals surface area contributed by atoms with Gasteiger partial charge in [0.15, 0.2) is 5.92 Å². The molecule has 0 spiro atoms. The van der Waals surface area contributed by atoms with E-state index in [2.05, 4.69) is 21.2 Å². The van der Waals surface area contributed by atoms with Crippen LogP contribution < -0.4 is 5.32 Å². The van der Waals surface area contributed by atoms with Gasteiger partial charge in [0.25, 0.3) is 0 Å². The van der Waals surface area contributed by atoms with Crippen molar-refractivity contribution in [1.29, 1.82) is 0 Å². The van der Waals surface area contributed by atoms with Gasteiger partial charge in [-0.2, -0.15) is 0 Å². The number of rotatable bonds is 8. The van der Waals surface area contributed by atoms with Crippen LogP contribution in [-0.4, -0.2) is 25.2 Å². The molecule has 0 aliphatic carbocycles. The number of anilines is 1. The first-order valence-electron chi connectivity index (χ1n) is 8.88. The quantitative estimate of drug-likeness (QED) is 0.484. The molecule has 1 N–H and O–H groups in total. The van der Waals surface area contributed by atoms with Gasteiger partial charge < -0.3 is 14.8 Å². The lowest BCUT2D eigenvalue weighted by Crippen LogP contribution is -2.37. The van der Waals surface area contributed by atoms with Crippen molar-refractivity contribution in [2.24, 2.45) is 5.92 Å². The highest BCUT2D eigenvalue weighted by Crippen LogP contribution is 2.31. The van der Waals surface area contributed by atoms with E-state index >= 15 is 0 Å². The molecule has 6 heteroatoms. The Hall–Kier alpha value is -2.34. The molecule has 27 heavy (non-hydrogen) atoms. The molecule has 0 aliphatic heterocycles. The van der Waals surface area contributed by atoms with E-state index in [1.807, 2.05) is 55.5 Å². The van der Waals surface area contributed by atoms with Crippen molar-refractivity contribution in [1.82, 2.24) is 0 Å². The first kappa shape index (κ1) is 21.0. The van der Waals surface area contributed by atoms with Crippen molar-refractivity contribution in [3.05, 3.63) is 64.1 Å². The minimum Gasteiger partial charge on any atom is -0.465 e. The molecule has 144 valence electrons. The summed E-state index contributed by atoms with van der Waals surface area (Å²) in [5.74, 6) is -2.33. The van der Waals surface area contributed by atoms with Crippen LogP contribution in [-0.2, 0) is 19.1 Å². The van der Waals surface area contributed by atoms with Crippen LogP contribution in [0.2, 0.25) is 0 Å². The molecule has 0 aromatic heterocycles. The molecule has 5 nitrogen and oxygen atoms in total. The topological polar surface area (TPSA) is 64.6 Å². The van der Waals surface area contributed by atoms with Gasteiger partial charge in [-0.15, -0.1) is 0 Å². The second kappa shape index (κ2) is 10.1. The standard InChI is InChI=1S/C21H24BrNO4/c1-4-26-20(24)18(21(25)27-5-2)19(15-10-12-16(22)13-11-15)23-17-9-7-6-8-14(17)3/h6-13,18-19,23H,4-5H2,1-3H3. The molecule has 2 aromatic rings. The summed E-state index contributed by atoms with van der Waals surface area (Å²) in [4.78, 5) is 25.3. The molecule has 2 aromatic carbocycles. The van der Waals surface area contributed by atoms with Crippen LogP contribution in [0.1, 0.15) is 31.0 Å². The maximum atomic E-state index is 12.6. The van der Waals surface area contributed by atoms with Gasteiger partial charge in [0.05, 0.1) is 19.3 Å². The smallest absolute Gasteiger partial charge is 0.322 e. The minimum atomic E-state index is -1.12. The number of hydrogen-bond donors (Lipinski definition) is 1. The van der Waals surface area contributed by atoms with E-state index in [0.717, 1.165) is 21.3 Å². The highest BCUT2D eigenvalue weighted by Gasteiger charge is 2.38. The molecule has 0 aliphatic rings. The zero-order chi connectivity index (χ0) is 19.8. The summed E-state index contributed by atoms with van der Waals surface area (Å²) < 4.78 is 11.3. The van der Waals surface area contributed by atoms with Crippen LogP contribution in [0.25, 0.3) is 0 Å². The predicted molar refractivity (Wildman–Crippen MR) is 108 cm³/mol. The molecular formula is C21H24BrNO4. The number of hydrogen-bond acceptors (Lipinski definition) is 5. The van der Waals surface area contributed by atoms with E-state index in [4.69, 9.17) is 9.47 Å². The average molecular weight is 434 g/mol. The highest BCUT2D eigenvalue weighted by atomic mass is 79.9. The molecule has 0 saturated heterocycles. The van der Waals surface area contributed by atoms with E-state index in [0.29, 0.717) is 0 Å². The number of aryl methyl sites for hydroxylation is 1. The zero-order valence-corrected chi connectivity index (χ0v) is 17.3. The van der Waals surface area contributed by atoms with Gasteiger partial charge in [0, 0.05) is 10.2 Å². The van der Waals surface area contributed by atoms with Gasteiger partial charge in [-0.3, -0.25) is 9.59 Å². The summed E-state index contributed by atoms with van der Waals surface area (Å²) in [5, 5.41) is 3.34. The Labute approximate surface area is 168 Å².